The Bertz CT molecular complexity index is 524. The zero-order valence-electron chi connectivity index (χ0n) is 11.7. The fourth-order valence-electron chi connectivity index (χ4n) is 1.86. The molecule has 0 bridgehead atoms. The quantitative estimate of drug-likeness (QED) is 0.583. The van der Waals surface area contributed by atoms with E-state index in [4.69, 9.17) is 9.47 Å². The Morgan fingerprint density at radius 1 is 1.45 bits per heavy atom. The van der Waals surface area contributed by atoms with Gasteiger partial charge in [-0.15, -0.1) is 0 Å². The second kappa shape index (κ2) is 6.88. The molecule has 0 unspecified atom stereocenters. The van der Waals surface area contributed by atoms with Crippen molar-refractivity contribution in [1.29, 1.82) is 0 Å². The Kier molecular flexibility index (Phi) is 5.17. The van der Waals surface area contributed by atoms with Crippen molar-refractivity contribution in [2.75, 3.05) is 13.7 Å². The lowest BCUT2D eigenvalue weighted by Gasteiger charge is -2.07. The smallest absolute Gasteiger partial charge is 0.352 e. The average Bonchev–Trinajstić information content (AvgIpc) is 3.24. The minimum Gasteiger partial charge on any atom is -0.495 e. The minimum atomic E-state index is -0.318. The summed E-state index contributed by atoms with van der Waals surface area (Å²) in [6.45, 7) is 2.17. The fourth-order valence-corrected chi connectivity index (χ4v) is 2.27. The van der Waals surface area contributed by atoms with Crippen LogP contribution in [0.2, 0.25) is 0 Å². The van der Waals surface area contributed by atoms with E-state index in [-0.39, 0.29) is 5.97 Å². The number of rotatable bonds is 6. The van der Waals surface area contributed by atoms with Gasteiger partial charge in [0.25, 0.3) is 0 Å². The highest BCUT2D eigenvalue weighted by Crippen LogP contribution is 2.34. The highest BCUT2D eigenvalue weighted by Gasteiger charge is 2.27. The van der Waals surface area contributed by atoms with Gasteiger partial charge in [0.2, 0.25) is 0 Å². The van der Waals surface area contributed by atoms with Crippen molar-refractivity contribution in [3.8, 4) is 5.75 Å². The molecule has 0 radical (unpaired) electrons. The number of esters is 1. The lowest BCUT2D eigenvalue weighted by atomic mass is 10.2. The third kappa shape index (κ3) is 4.07. The second-order valence-corrected chi connectivity index (χ2v) is 5.60. The van der Waals surface area contributed by atoms with Crippen LogP contribution in [-0.2, 0) is 9.53 Å². The summed E-state index contributed by atoms with van der Waals surface area (Å²) in [6.07, 6.45) is 3.03. The molecule has 1 aromatic carbocycles. The number of hydrogen-bond acceptors (Lipinski definition) is 4. The third-order valence-corrected chi connectivity index (χ3v) is 3.74. The number of halogens is 1. The molecule has 1 aliphatic rings. The summed E-state index contributed by atoms with van der Waals surface area (Å²) < 4.78 is 11.2. The zero-order chi connectivity index (χ0) is 14.5. The Balaban J connectivity index is 2.23. The van der Waals surface area contributed by atoms with Gasteiger partial charge in [-0.2, -0.15) is 0 Å². The number of hydrogen-bond donors (Lipinski definition) is 0. The molecule has 0 atom stereocenters. The average molecular weight is 340 g/mol. The molecule has 0 heterocycles. The van der Waals surface area contributed by atoms with Gasteiger partial charge in [0, 0.05) is 6.07 Å². The molecule has 20 heavy (non-hydrogen) atoms. The molecular weight excluding hydrogens is 322 g/mol. The van der Waals surface area contributed by atoms with Crippen LogP contribution in [0.25, 0.3) is 0 Å². The van der Waals surface area contributed by atoms with Crippen LogP contribution < -0.4 is 4.74 Å². The summed E-state index contributed by atoms with van der Waals surface area (Å²) >= 11 is 3.40. The van der Waals surface area contributed by atoms with E-state index < -0.39 is 0 Å². The molecule has 0 amide bonds. The molecule has 5 heteroatoms. The largest absolute Gasteiger partial charge is 0.495 e. The van der Waals surface area contributed by atoms with E-state index >= 15 is 0 Å². The van der Waals surface area contributed by atoms with Gasteiger partial charge < -0.3 is 9.47 Å². The van der Waals surface area contributed by atoms with Gasteiger partial charge in [0.05, 0.1) is 23.9 Å². The minimum absolute atomic E-state index is 0.318. The van der Waals surface area contributed by atoms with Crippen molar-refractivity contribution in [3.63, 3.8) is 0 Å². The summed E-state index contributed by atoms with van der Waals surface area (Å²) in [5, 5.41) is 0. The van der Waals surface area contributed by atoms with Crippen molar-refractivity contribution in [3.05, 3.63) is 22.7 Å². The summed E-state index contributed by atoms with van der Waals surface area (Å²) in [5.74, 6) is 0.956. The summed E-state index contributed by atoms with van der Waals surface area (Å²) in [4.78, 5) is 16.4. The van der Waals surface area contributed by atoms with E-state index in [0.29, 0.717) is 36.1 Å². The van der Waals surface area contributed by atoms with Crippen LogP contribution in [0.4, 0.5) is 5.69 Å². The first-order valence-electron chi connectivity index (χ1n) is 6.72. The maximum atomic E-state index is 11.9. The van der Waals surface area contributed by atoms with Crippen LogP contribution in [0.3, 0.4) is 0 Å². The summed E-state index contributed by atoms with van der Waals surface area (Å²) in [6, 6.07) is 5.51. The van der Waals surface area contributed by atoms with Crippen molar-refractivity contribution >= 4 is 33.3 Å². The molecule has 1 aromatic rings. The Morgan fingerprint density at radius 3 is 2.80 bits per heavy atom. The summed E-state index contributed by atoms with van der Waals surface area (Å²) in [7, 11) is 1.60. The molecule has 0 aromatic heterocycles. The van der Waals surface area contributed by atoms with E-state index in [1.165, 1.54) is 12.8 Å². The van der Waals surface area contributed by atoms with Gasteiger partial charge in [0.1, 0.15) is 11.5 Å². The van der Waals surface area contributed by atoms with E-state index in [2.05, 4.69) is 20.9 Å². The van der Waals surface area contributed by atoms with Gasteiger partial charge in [-0.25, -0.2) is 9.79 Å². The molecule has 108 valence electrons. The predicted molar refractivity (Wildman–Crippen MR) is 81.8 cm³/mol. The number of carbonyl (C=O) groups is 1. The van der Waals surface area contributed by atoms with Crippen molar-refractivity contribution in [1.82, 2.24) is 0 Å². The SMILES string of the molecule is CCOC(=O)C(CC1CC1)=Nc1ccc(Br)c(OC)c1. The predicted octanol–water partition coefficient (Wildman–Crippen LogP) is 3.89. The Hall–Kier alpha value is -1.36. The van der Waals surface area contributed by atoms with E-state index in [1.54, 1.807) is 20.1 Å². The number of ether oxygens (including phenoxy) is 2. The maximum Gasteiger partial charge on any atom is 0.352 e. The number of methoxy groups -OCH3 is 1. The molecule has 0 aliphatic heterocycles. The molecule has 2 rings (SSSR count). The Morgan fingerprint density at radius 2 is 2.20 bits per heavy atom. The third-order valence-electron chi connectivity index (χ3n) is 3.09. The van der Waals surface area contributed by atoms with Crippen LogP contribution in [0.1, 0.15) is 26.2 Å². The first-order chi connectivity index (χ1) is 9.63. The van der Waals surface area contributed by atoms with E-state index in [1.807, 2.05) is 12.1 Å². The maximum absolute atomic E-state index is 11.9. The molecule has 4 nitrogen and oxygen atoms in total. The van der Waals surface area contributed by atoms with Crippen molar-refractivity contribution < 1.29 is 14.3 Å². The molecule has 0 saturated heterocycles. The van der Waals surface area contributed by atoms with Gasteiger partial charge in [0.15, 0.2) is 0 Å². The second-order valence-electron chi connectivity index (χ2n) is 4.75. The van der Waals surface area contributed by atoms with E-state index in [0.717, 1.165) is 4.47 Å². The first-order valence-corrected chi connectivity index (χ1v) is 7.51. The van der Waals surface area contributed by atoms with Crippen molar-refractivity contribution in [2.24, 2.45) is 10.9 Å². The standard InChI is InChI=1S/C15H18BrNO3/c1-3-20-15(18)13(8-10-4-5-10)17-11-6-7-12(16)14(9-11)19-2/h6-7,9-10H,3-5,8H2,1-2H3. The lowest BCUT2D eigenvalue weighted by Crippen LogP contribution is -2.18. The van der Waals surface area contributed by atoms with Crippen LogP contribution in [0.15, 0.2) is 27.7 Å². The number of carbonyl (C=O) groups excluding carboxylic acids is 1. The topological polar surface area (TPSA) is 47.9 Å². The van der Waals surface area contributed by atoms with Gasteiger partial charge in [-0.05, 0) is 60.2 Å². The van der Waals surface area contributed by atoms with E-state index in [9.17, 15) is 4.79 Å². The molecule has 1 fully saturated rings. The van der Waals surface area contributed by atoms with Gasteiger partial charge in [-0.1, -0.05) is 0 Å². The highest BCUT2D eigenvalue weighted by atomic mass is 79.9. The molecular formula is C15H18BrNO3. The zero-order valence-corrected chi connectivity index (χ0v) is 13.3. The molecule has 0 spiro atoms. The van der Waals surface area contributed by atoms with Gasteiger partial charge in [-0.3, -0.25) is 0 Å². The number of nitrogens with zero attached hydrogens (tertiary/aromatic N) is 1. The first kappa shape index (κ1) is 15.0. The van der Waals surface area contributed by atoms with Crippen LogP contribution in [0, 0.1) is 5.92 Å². The van der Waals surface area contributed by atoms with Crippen molar-refractivity contribution in [2.45, 2.75) is 26.2 Å². The number of benzene rings is 1. The normalized spacial score (nSPS) is 15.1. The summed E-state index contributed by atoms with van der Waals surface area (Å²) in [5.41, 5.74) is 1.20. The molecule has 1 saturated carbocycles. The van der Waals surface area contributed by atoms with Gasteiger partial charge >= 0.3 is 5.97 Å². The fraction of sp³-hybridized carbons (Fsp3) is 0.467. The Labute approximate surface area is 127 Å². The molecule has 1 aliphatic carbocycles. The molecule has 0 N–H and O–H groups in total. The lowest BCUT2D eigenvalue weighted by molar-refractivity contribution is -0.135. The monoisotopic (exact) mass is 339 g/mol. The highest BCUT2D eigenvalue weighted by molar-refractivity contribution is 9.10. The van der Waals surface area contributed by atoms with Crippen LogP contribution in [-0.4, -0.2) is 25.4 Å². The number of aliphatic imine (C=N–C) groups is 1. The van der Waals surface area contributed by atoms with Crippen LogP contribution in [0.5, 0.6) is 5.75 Å². The van der Waals surface area contributed by atoms with Crippen LogP contribution >= 0.6 is 15.9 Å².